The number of hydrogen-bond donors (Lipinski definition) is 0. The van der Waals surface area contributed by atoms with Crippen molar-refractivity contribution in [3.63, 3.8) is 0 Å². The van der Waals surface area contributed by atoms with Crippen LogP contribution in [0.2, 0.25) is 0 Å². The highest BCUT2D eigenvalue weighted by Crippen LogP contribution is 2.29. The van der Waals surface area contributed by atoms with E-state index in [-0.39, 0.29) is 6.61 Å². The standard InChI is InChI=1S/C15H13NO5/c1-9-5-11(16-21-9)8-20-14-7-10(15(17)18-2)6-13-12(14)3-4-19-13/h3-7H,8H2,1-2H3. The fourth-order valence-electron chi connectivity index (χ4n) is 2.03. The molecule has 1 aromatic carbocycles. The first-order valence-electron chi connectivity index (χ1n) is 6.32. The van der Waals surface area contributed by atoms with E-state index in [0.717, 1.165) is 5.39 Å². The van der Waals surface area contributed by atoms with Gasteiger partial charge in [-0.05, 0) is 25.1 Å². The molecule has 0 aliphatic carbocycles. The van der Waals surface area contributed by atoms with Crippen molar-refractivity contribution in [1.29, 1.82) is 0 Å². The molecule has 0 N–H and O–H groups in total. The van der Waals surface area contributed by atoms with E-state index in [1.807, 2.05) is 6.92 Å². The van der Waals surface area contributed by atoms with Gasteiger partial charge in [0.2, 0.25) is 0 Å². The van der Waals surface area contributed by atoms with Crippen LogP contribution in [0.4, 0.5) is 0 Å². The molecule has 0 aliphatic rings. The third kappa shape index (κ3) is 2.60. The van der Waals surface area contributed by atoms with Gasteiger partial charge in [-0.2, -0.15) is 0 Å². The monoisotopic (exact) mass is 287 g/mol. The van der Waals surface area contributed by atoms with Crippen LogP contribution in [0.15, 0.2) is 39.5 Å². The molecule has 0 aliphatic heterocycles. The number of methoxy groups -OCH3 is 1. The molecule has 0 saturated carbocycles. The zero-order chi connectivity index (χ0) is 14.8. The molecule has 2 heterocycles. The summed E-state index contributed by atoms with van der Waals surface area (Å²) in [6, 6.07) is 6.81. The molecule has 6 nitrogen and oxygen atoms in total. The molecular formula is C15H13NO5. The summed E-state index contributed by atoms with van der Waals surface area (Å²) < 4.78 is 20.8. The summed E-state index contributed by atoms with van der Waals surface area (Å²) in [4.78, 5) is 11.7. The number of fused-ring (bicyclic) bond motifs is 1. The summed E-state index contributed by atoms with van der Waals surface area (Å²) in [6.45, 7) is 2.05. The molecule has 0 unspecified atom stereocenters. The Kier molecular flexibility index (Phi) is 3.35. The molecule has 3 aromatic rings. The number of furan rings is 1. The minimum atomic E-state index is -0.449. The highest BCUT2D eigenvalue weighted by atomic mass is 16.5. The van der Waals surface area contributed by atoms with Gasteiger partial charge in [-0.15, -0.1) is 0 Å². The Morgan fingerprint density at radius 2 is 2.19 bits per heavy atom. The molecular weight excluding hydrogens is 274 g/mol. The summed E-state index contributed by atoms with van der Waals surface area (Å²) in [5.41, 5.74) is 1.60. The molecule has 21 heavy (non-hydrogen) atoms. The quantitative estimate of drug-likeness (QED) is 0.686. The number of aromatic nitrogens is 1. The molecule has 3 rings (SSSR count). The van der Waals surface area contributed by atoms with Crippen molar-refractivity contribution in [2.75, 3.05) is 7.11 Å². The minimum absolute atomic E-state index is 0.238. The van der Waals surface area contributed by atoms with Gasteiger partial charge in [0.25, 0.3) is 0 Å². The Hall–Kier alpha value is -2.76. The maximum atomic E-state index is 11.7. The van der Waals surface area contributed by atoms with Crippen LogP contribution in [0.5, 0.6) is 5.75 Å². The summed E-state index contributed by atoms with van der Waals surface area (Å²) >= 11 is 0. The second kappa shape index (κ2) is 5.32. The SMILES string of the molecule is COC(=O)c1cc(OCc2cc(C)on2)c2ccoc2c1. The molecule has 0 saturated heterocycles. The van der Waals surface area contributed by atoms with Gasteiger partial charge in [-0.3, -0.25) is 0 Å². The number of rotatable bonds is 4. The molecule has 0 radical (unpaired) electrons. The number of carbonyl (C=O) groups is 1. The van der Waals surface area contributed by atoms with Crippen molar-refractivity contribution >= 4 is 16.9 Å². The molecule has 0 amide bonds. The van der Waals surface area contributed by atoms with Crippen LogP contribution in [0.25, 0.3) is 11.0 Å². The second-order valence-electron chi connectivity index (χ2n) is 4.52. The number of hydrogen-bond acceptors (Lipinski definition) is 6. The Labute approximate surface area is 120 Å². The third-order valence-corrected chi connectivity index (χ3v) is 3.01. The lowest BCUT2D eigenvalue weighted by Crippen LogP contribution is -2.02. The number of carbonyl (C=O) groups excluding carboxylic acids is 1. The highest BCUT2D eigenvalue weighted by Gasteiger charge is 2.14. The average molecular weight is 287 g/mol. The predicted molar refractivity (Wildman–Crippen MR) is 73.1 cm³/mol. The smallest absolute Gasteiger partial charge is 0.338 e. The minimum Gasteiger partial charge on any atom is -0.486 e. The van der Waals surface area contributed by atoms with Crippen molar-refractivity contribution < 1.29 is 23.2 Å². The van der Waals surface area contributed by atoms with E-state index in [2.05, 4.69) is 5.16 Å². The number of esters is 1. The fourth-order valence-corrected chi connectivity index (χ4v) is 2.03. The van der Waals surface area contributed by atoms with Gasteiger partial charge >= 0.3 is 5.97 Å². The van der Waals surface area contributed by atoms with Crippen molar-refractivity contribution in [3.05, 3.63) is 47.5 Å². The van der Waals surface area contributed by atoms with Crippen LogP contribution in [0, 0.1) is 6.92 Å². The normalized spacial score (nSPS) is 10.8. The molecule has 2 aromatic heterocycles. The maximum absolute atomic E-state index is 11.7. The predicted octanol–water partition coefficient (Wildman–Crippen LogP) is 3.09. The molecule has 0 bridgehead atoms. The van der Waals surface area contributed by atoms with Crippen molar-refractivity contribution in [3.8, 4) is 5.75 Å². The zero-order valence-electron chi connectivity index (χ0n) is 11.6. The van der Waals surface area contributed by atoms with E-state index >= 15 is 0 Å². The number of ether oxygens (including phenoxy) is 2. The molecule has 0 atom stereocenters. The van der Waals surface area contributed by atoms with Crippen molar-refractivity contribution in [2.24, 2.45) is 0 Å². The van der Waals surface area contributed by atoms with E-state index in [1.54, 1.807) is 30.5 Å². The van der Waals surface area contributed by atoms with Crippen LogP contribution in [-0.2, 0) is 11.3 Å². The lowest BCUT2D eigenvalue weighted by Gasteiger charge is -2.07. The van der Waals surface area contributed by atoms with Crippen molar-refractivity contribution in [2.45, 2.75) is 13.5 Å². The first kappa shape index (κ1) is 13.2. The van der Waals surface area contributed by atoms with Crippen LogP contribution >= 0.6 is 0 Å². The maximum Gasteiger partial charge on any atom is 0.338 e. The van der Waals surface area contributed by atoms with Crippen molar-refractivity contribution in [1.82, 2.24) is 5.16 Å². The lowest BCUT2D eigenvalue weighted by molar-refractivity contribution is 0.0600. The number of benzene rings is 1. The summed E-state index contributed by atoms with van der Waals surface area (Å²) in [5.74, 6) is 0.795. The van der Waals surface area contributed by atoms with Gasteiger partial charge in [0.05, 0.1) is 24.3 Å². The summed E-state index contributed by atoms with van der Waals surface area (Å²) in [7, 11) is 1.33. The van der Waals surface area contributed by atoms with Crippen LogP contribution < -0.4 is 4.74 Å². The van der Waals surface area contributed by atoms with Gasteiger partial charge < -0.3 is 18.4 Å². The van der Waals surface area contributed by atoms with Gasteiger partial charge in [-0.1, -0.05) is 5.16 Å². The van der Waals surface area contributed by atoms with E-state index < -0.39 is 5.97 Å². The van der Waals surface area contributed by atoms with Gasteiger partial charge in [0.1, 0.15) is 29.4 Å². The molecule has 6 heteroatoms. The molecule has 0 spiro atoms. The van der Waals surface area contributed by atoms with Gasteiger partial charge in [-0.25, -0.2) is 4.79 Å². The number of nitrogens with zero attached hydrogens (tertiary/aromatic N) is 1. The third-order valence-electron chi connectivity index (χ3n) is 3.01. The highest BCUT2D eigenvalue weighted by molar-refractivity contribution is 5.96. The number of aryl methyl sites for hydroxylation is 1. The second-order valence-corrected chi connectivity index (χ2v) is 4.52. The first-order chi connectivity index (χ1) is 10.2. The van der Waals surface area contributed by atoms with Crippen LogP contribution in [0.3, 0.4) is 0 Å². The Morgan fingerprint density at radius 1 is 1.33 bits per heavy atom. The topological polar surface area (TPSA) is 74.7 Å². The van der Waals surface area contributed by atoms with Gasteiger partial charge in [0, 0.05) is 6.07 Å². The van der Waals surface area contributed by atoms with E-state index in [9.17, 15) is 4.79 Å². The van der Waals surface area contributed by atoms with E-state index in [4.69, 9.17) is 18.4 Å². The fraction of sp³-hybridized carbons (Fsp3) is 0.200. The van der Waals surface area contributed by atoms with Crippen LogP contribution in [-0.4, -0.2) is 18.2 Å². The summed E-state index contributed by atoms with van der Waals surface area (Å²) in [6.07, 6.45) is 1.54. The molecule has 108 valence electrons. The lowest BCUT2D eigenvalue weighted by atomic mass is 10.1. The summed E-state index contributed by atoms with van der Waals surface area (Å²) in [5, 5.41) is 4.64. The van der Waals surface area contributed by atoms with E-state index in [0.29, 0.717) is 28.4 Å². The first-order valence-corrected chi connectivity index (χ1v) is 6.32. The Bertz CT molecular complexity index is 786. The van der Waals surface area contributed by atoms with Crippen LogP contribution in [0.1, 0.15) is 21.8 Å². The molecule has 0 fully saturated rings. The van der Waals surface area contributed by atoms with E-state index in [1.165, 1.54) is 7.11 Å². The Morgan fingerprint density at radius 3 is 2.90 bits per heavy atom. The zero-order valence-corrected chi connectivity index (χ0v) is 11.6. The Balaban J connectivity index is 1.92. The average Bonchev–Trinajstić information content (AvgIpc) is 3.12. The van der Waals surface area contributed by atoms with Gasteiger partial charge in [0.15, 0.2) is 0 Å². The largest absolute Gasteiger partial charge is 0.486 e.